The number of rotatable bonds is 2. The second kappa shape index (κ2) is 4.41. The van der Waals surface area contributed by atoms with E-state index in [1.54, 1.807) is 18.2 Å². The number of benzene rings is 1. The molecule has 80 valence electrons. The first-order valence-electron chi connectivity index (χ1n) is 4.58. The lowest BCUT2D eigenvalue weighted by Gasteiger charge is -2.06. The predicted octanol–water partition coefficient (Wildman–Crippen LogP) is 3.35. The number of nitrogens with zero attached hydrogens (tertiary/aromatic N) is 1. The van der Waals surface area contributed by atoms with Gasteiger partial charge in [0.15, 0.2) is 6.29 Å². The normalized spacial score (nSPS) is 10.1. The Bertz CT molecular complexity index is 542. The highest BCUT2D eigenvalue weighted by Gasteiger charge is 2.10. The van der Waals surface area contributed by atoms with E-state index in [4.69, 9.17) is 11.6 Å². The molecule has 0 aliphatic rings. The highest BCUT2D eigenvalue weighted by atomic mass is 35.5. The van der Waals surface area contributed by atoms with Crippen molar-refractivity contribution < 1.29 is 9.18 Å². The van der Waals surface area contributed by atoms with Crippen LogP contribution >= 0.6 is 11.6 Å². The maximum Gasteiger partial charge on any atom is 0.150 e. The van der Waals surface area contributed by atoms with Gasteiger partial charge in [-0.2, -0.15) is 0 Å². The van der Waals surface area contributed by atoms with E-state index in [2.05, 4.69) is 4.98 Å². The molecule has 2 aromatic rings. The van der Waals surface area contributed by atoms with E-state index < -0.39 is 0 Å². The van der Waals surface area contributed by atoms with Crippen molar-refractivity contribution in [2.75, 3.05) is 0 Å². The molecule has 0 saturated carbocycles. The summed E-state index contributed by atoms with van der Waals surface area (Å²) in [5.41, 5.74) is 1.39. The summed E-state index contributed by atoms with van der Waals surface area (Å²) < 4.78 is 13.1. The lowest BCUT2D eigenvalue weighted by molar-refractivity contribution is 0.112. The number of carbonyl (C=O) groups is 1. The number of halogens is 2. The minimum absolute atomic E-state index is 0.190. The average molecular weight is 236 g/mol. The summed E-state index contributed by atoms with van der Waals surface area (Å²) in [4.78, 5) is 14.7. The van der Waals surface area contributed by atoms with E-state index in [0.717, 1.165) is 0 Å². The highest BCUT2D eigenvalue weighted by Crippen LogP contribution is 2.29. The fourth-order valence-electron chi connectivity index (χ4n) is 1.48. The van der Waals surface area contributed by atoms with E-state index >= 15 is 0 Å². The van der Waals surface area contributed by atoms with Crippen LogP contribution in [0, 0.1) is 5.82 Å². The van der Waals surface area contributed by atoms with Crippen molar-refractivity contribution in [3.8, 4) is 11.1 Å². The van der Waals surface area contributed by atoms with Crippen LogP contribution < -0.4 is 0 Å². The first-order valence-corrected chi connectivity index (χ1v) is 4.96. The van der Waals surface area contributed by atoms with Crippen LogP contribution in [0.1, 0.15) is 10.4 Å². The molecule has 1 aromatic heterocycles. The molecule has 0 fully saturated rings. The fraction of sp³-hybridized carbons (Fsp3) is 0. The van der Waals surface area contributed by atoms with Gasteiger partial charge in [-0.15, -0.1) is 0 Å². The Balaban J connectivity index is 2.67. The summed E-state index contributed by atoms with van der Waals surface area (Å²) in [6, 6.07) is 7.42. The molecule has 0 bridgehead atoms. The van der Waals surface area contributed by atoms with Gasteiger partial charge in [0.1, 0.15) is 11.0 Å². The van der Waals surface area contributed by atoms with Crippen molar-refractivity contribution in [2.24, 2.45) is 0 Å². The van der Waals surface area contributed by atoms with Gasteiger partial charge in [-0.25, -0.2) is 9.37 Å². The second-order valence-electron chi connectivity index (χ2n) is 3.19. The van der Waals surface area contributed by atoms with E-state index in [9.17, 15) is 9.18 Å². The zero-order valence-electron chi connectivity index (χ0n) is 8.15. The fourth-order valence-corrected chi connectivity index (χ4v) is 1.75. The molecular formula is C12H7ClFNO. The van der Waals surface area contributed by atoms with Gasteiger partial charge in [0, 0.05) is 17.3 Å². The minimum atomic E-state index is -0.380. The maximum absolute atomic E-state index is 13.1. The first-order chi connectivity index (χ1) is 7.72. The van der Waals surface area contributed by atoms with Crippen molar-refractivity contribution >= 4 is 17.9 Å². The molecule has 0 saturated heterocycles. The van der Waals surface area contributed by atoms with Crippen LogP contribution in [-0.2, 0) is 0 Å². The third-order valence-electron chi connectivity index (χ3n) is 2.18. The third-order valence-corrected chi connectivity index (χ3v) is 2.46. The predicted molar refractivity (Wildman–Crippen MR) is 60.0 cm³/mol. The number of hydrogen-bond acceptors (Lipinski definition) is 2. The molecule has 1 aromatic carbocycles. The van der Waals surface area contributed by atoms with E-state index in [1.807, 2.05) is 0 Å². The first kappa shape index (κ1) is 10.8. The summed E-state index contributed by atoms with van der Waals surface area (Å²) in [6.45, 7) is 0. The topological polar surface area (TPSA) is 30.0 Å². The van der Waals surface area contributed by atoms with Crippen molar-refractivity contribution in [3.63, 3.8) is 0 Å². The lowest BCUT2D eigenvalue weighted by atomic mass is 10.0. The van der Waals surface area contributed by atoms with E-state index in [0.29, 0.717) is 23.0 Å². The van der Waals surface area contributed by atoms with Gasteiger partial charge >= 0.3 is 0 Å². The van der Waals surface area contributed by atoms with Gasteiger partial charge in [0.05, 0.1) is 0 Å². The van der Waals surface area contributed by atoms with Crippen LogP contribution in [0.4, 0.5) is 4.39 Å². The van der Waals surface area contributed by atoms with E-state index in [1.165, 1.54) is 18.3 Å². The van der Waals surface area contributed by atoms with Crippen LogP contribution in [0.15, 0.2) is 36.5 Å². The van der Waals surface area contributed by atoms with Crippen molar-refractivity contribution in [1.82, 2.24) is 4.98 Å². The molecular weight excluding hydrogens is 229 g/mol. The Morgan fingerprint density at radius 3 is 2.81 bits per heavy atom. The van der Waals surface area contributed by atoms with Crippen LogP contribution in [0.5, 0.6) is 0 Å². The minimum Gasteiger partial charge on any atom is -0.298 e. The van der Waals surface area contributed by atoms with Gasteiger partial charge in [-0.05, 0) is 23.8 Å². The van der Waals surface area contributed by atoms with Gasteiger partial charge in [-0.1, -0.05) is 23.7 Å². The molecule has 0 spiro atoms. The molecule has 4 heteroatoms. The van der Waals surface area contributed by atoms with E-state index in [-0.39, 0.29) is 11.0 Å². The van der Waals surface area contributed by atoms with Crippen LogP contribution in [0.25, 0.3) is 11.1 Å². The zero-order valence-corrected chi connectivity index (χ0v) is 8.91. The molecule has 0 radical (unpaired) electrons. The lowest BCUT2D eigenvalue weighted by Crippen LogP contribution is -1.91. The molecule has 0 N–H and O–H groups in total. The maximum atomic E-state index is 13.1. The number of carbonyl (C=O) groups excluding carboxylic acids is 1. The van der Waals surface area contributed by atoms with Crippen LogP contribution in [0.2, 0.25) is 5.15 Å². The summed E-state index contributed by atoms with van der Waals surface area (Å²) in [5, 5.41) is 0.190. The molecule has 1 heterocycles. The molecule has 0 amide bonds. The average Bonchev–Trinajstić information content (AvgIpc) is 2.28. The molecule has 2 rings (SSSR count). The van der Waals surface area contributed by atoms with Crippen molar-refractivity contribution in [3.05, 3.63) is 53.1 Å². The molecule has 16 heavy (non-hydrogen) atoms. The molecule has 0 aliphatic carbocycles. The number of pyridine rings is 1. The number of hydrogen-bond donors (Lipinski definition) is 0. The van der Waals surface area contributed by atoms with Gasteiger partial charge in [0.2, 0.25) is 0 Å². The summed E-state index contributed by atoms with van der Waals surface area (Å²) >= 11 is 5.90. The standard InChI is InChI=1S/C12H7ClFNO/c13-12-11(9(7-16)4-5-15-12)8-2-1-3-10(14)6-8/h1-7H. The quantitative estimate of drug-likeness (QED) is 0.590. The highest BCUT2D eigenvalue weighted by molar-refractivity contribution is 6.32. The summed E-state index contributed by atoms with van der Waals surface area (Å²) in [7, 11) is 0. The Morgan fingerprint density at radius 2 is 2.12 bits per heavy atom. The Hall–Kier alpha value is -1.74. The largest absolute Gasteiger partial charge is 0.298 e. The number of aromatic nitrogens is 1. The zero-order chi connectivity index (χ0) is 11.5. The van der Waals surface area contributed by atoms with Crippen molar-refractivity contribution in [2.45, 2.75) is 0 Å². The Labute approximate surface area is 96.7 Å². The third kappa shape index (κ3) is 1.95. The monoisotopic (exact) mass is 235 g/mol. The molecule has 0 atom stereocenters. The Morgan fingerprint density at radius 1 is 1.31 bits per heavy atom. The number of aldehydes is 1. The smallest absolute Gasteiger partial charge is 0.150 e. The van der Waals surface area contributed by atoms with Crippen LogP contribution in [0.3, 0.4) is 0 Å². The van der Waals surface area contributed by atoms with Crippen LogP contribution in [-0.4, -0.2) is 11.3 Å². The van der Waals surface area contributed by atoms with Gasteiger partial charge in [0.25, 0.3) is 0 Å². The Kier molecular flexibility index (Phi) is 2.97. The SMILES string of the molecule is O=Cc1ccnc(Cl)c1-c1cccc(F)c1. The molecule has 0 aliphatic heterocycles. The second-order valence-corrected chi connectivity index (χ2v) is 3.55. The van der Waals surface area contributed by atoms with Gasteiger partial charge in [-0.3, -0.25) is 4.79 Å². The summed E-state index contributed by atoms with van der Waals surface area (Å²) in [5.74, 6) is -0.380. The summed E-state index contributed by atoms with van der Waals surface area (Å²) in [6.07, 6.45) is 2.11. The molecule has 0 unspecified atom stereocenters. The van der Waals surface area contributed by atoms with Crippen molar-refractivity contribution in [1.29, 1.82) is 0 Å². The van der Waals surface area contributed by atoms with Gasteiger partial charge < -0.3 is 0 Å². The molecule has 2 nitrogen and oxygen atoms in total.